The van der Waals surface area contributed by atoms with Crippen LogP contribution in [0.25, 0.3) is 0 Å². The summed E-state index contributed by atoms with van der Waals surface area (Å²) in [4.78, 5) is 25.9. The number of nitrogens with one attached hydrogen (secondary N) is 1. The second-order valence-electron chi connectivity index (χ2n) is 6.33. The van der Waals surface area contributed by atoms with Crippen molar-refractivity contribution in [3.8, 4) is 0 Å². The number of carbonyl (C=O) groups excluding carboxylic acids is 2. The molecule has 2 saturated heterocycles. The lowest BCUT2D eigenvalue weighted by atomic mass is 10.1. The van der Waals surface area contributed by atoms with E-state index in [1.807, 2.05) is 10.9 Å². The van der Waals surface area contributed by atoms with Gasteiger partial charge >= 0.3 is 0 Å². The Labute approximate surface area is 141 Å². The van der Waals surface area contributed by atoms with Crippen molar-refractivity contribution in [2.45, 2.75) is 37.8 Å². The predicted octanol–water partition coefficient (Wildman–Crippen LogP) is 1.14. The van der Waals surface area contributed by atoms with Crippen molar-refractivity contribution < 1.29 is 14.3 Å². The lowest BCUT2D eigenvalue weighted by Gasteiger charge is -2.32. The first-order valence-electron chi connectivity index (χ1n) is 8.52. The van der Waals surface area contributed by atoms with Crippen LogP contribution in [0.5, 0.6) is 0 Å². The van der Waals surface area contributed by atoms with E-state index in [0.717, 1.165) is 38.9 Å². The minimum Gasteiger partial charge on any atom is -0.381 e. The van der Waals surface area contributed by atoms with Gasteiger partial charge in [-0.3, -0.25) is 14.3 Å². The first-order chi connectivity index (χ1) is 11.7. The number of likely N-dealkylation sites (tertiary alicyclic amines) is 1. The highest BCUT2D eigenvalue weighted by Crippen LogP contribution is 2.20. The second kappa shape index (κ2) is 7.61. The normalized spacial score (nSPS) is 22.2. The number of ether oxygens (including phenoxy) is 1. The molecule has 0 radical (unpaired) electrons. The Bertz CT molecular complexity index is 607. The topological polar surface area (TPSA) is 76.5 Å². The van der Waals surface area contributed by atoms with Gasteiger partial charge in [0.05, 0.1) is 6.04 Å². The van der Waals surface area contributed by atoms with Crippen LogP contribution in [0.15, 0.2) is 24.9 Å². The van der Waals surface area contributed by atoms with Crippen LogP contribution in [-0.4, -0.2) is 58.8 Å². The molecule has 7 nitrogen and oxygen atoms in total. The van der Waals surface area contributed by atoms with Gasteiger partial charge in [0.1, 0.15) is 5.69 Å². The maximum atomic E-state index is 12.7. The van der Waals surface area contributed by atoms with Crippen molar-refractivity contribution in [2.75, 3.05) is 26.3 Å². The number of carbonyl (C=O) groups is 2. The summed E-state index contributed by atoms with van der Waals surface area (Å²) in [5, 5.41) is 7.35. The third-order valence-corrected chi connectivity index (χ3v) is 4.63. The number of hydrogen-bond acceptors (Lipinski definition) is 4. The Morgan fingerprint density at radius 1 is 1.33 bits per heavy atom. The molecule has 7 heteroatoms. The van der Waals surface area contributed by atoms with Crippen LogP contribution in [0.3, 0.4) is 0 Å². The molecule has 0 saturated carbocycles. The van der Waals surface area contributed by atoms with E-state index < -0.39 is 0 Å². The van der Waals surface area contributed by atoms with Gasteiger partial charge in [0.15, 0.2) is 0 Å². The molecule has 0 spiro atoms. The van der Waals surface area contributed by atoms with Gasteiger partial charge in [0.25, 0.3) is 5.91 Å². The zero-order valence-electron chi connectivity index (χ0n) is 13.8. The average molecular weight is 332 g/mol. The molecule has 3 rings (SSSR count). The second-order valence-corrected chi connectivity index (χ2v) is 6.33. The van der Waals surface area contributed by atoms with Crippen molar-refractivity contribution in [1.29, 1.82) is 0 Å². The van der Waals surface area contributed by atoms with Gasteiger partial charge in [0, 0.05) is 38.5 Å². The van der Waals surface area contributed by atoms with Gasteiger partial charge in [-0.2, -0.15) is 5.10 Å². The maximum Gasteiger partial charge on any atom is 0.274 e. The van der Waals surface area contributed by atoms with Gasteiger partial charge in [-0.05, 0) is 37.8 Å². The molecule has 2 fully saturated rings. The van der Waals surface area contributed by atoms with Crippen LogP contribution < -0.4 is 5.32 Å². The van der Waals surface area contributed by atoms with Crippen molar-refractivity contribution in [3.05, 3.63) is 30.6 Å². The van der Waals surface area contributed by atoms with Crippen LogP contribution in [0.1, 0.15) is 42.2 Å². The van der Waals surface area contributed by atoms with E-state index in [-0.39, 0.29) is 17.9 Å². The molecular formula is C17H24N4O3. The number of hydrogen-bond donors (Lipinski definition) is 1. The van der Waals surface area contributed by atoms with Crippen LogP contribution >= 0.6 is 0 Å². The standard InChI is InChI=1S/C17H24N4O3/c1-2-16(22)18-13-4-3-8-20(12-13)17(23)15-5-9-21(19-15)14-6-10-24-11-7-14/h2,5,9,13-14H,1,3-4,6-8,10-12H2,(H,18,22)/t13-/m1/s1. The highest BCUT2D eigenvalue weighted by Gasteiger charge is 2.27. The molecule has 0 aliphatic carbocycles. The highest BCUT2D eigenvalue weighted by molar-refractivity contribution is 5.92. The molecule has 3 heterocycles. The van der Waals surface area contributed by atoms with Crippen LogP contribution in [0, 0.1) is 0 Å². The Hall–Kier alpha value is -2.15. The van der Waals surface area contributed by atoms with E-state index >= 15 is 0 Å². The minimum atomic E-state index is -0.196. The molecule has 1 N–H and O–H groups in total. The lowest BCUT2D eigenvalue weighted by Crippen LogP contribution is -2.49. The smallest absolute Gasteiger partial charge is 0.274 e. The Morgan fingerprint density at radius 2 is 2.12 bits per heavy atom. The average Bonchev–Trinajstić information content (AvgIpc) is 3.12. The van der Waals surface area contributed by atoms with E-state index in [9.17, 15) is 9.59 Å². The van der Waals surface area contributed by atoms with Crippen molar-refractivity contribution in [3.63, 3.8) is 0 Å². The zero-order chi connectivity index (χ0) is 16.9. The van der Waals surface area contributed by atoms with E-state index in [0.29, 0.717) is 24.8 Å². The molecule has 0 unspecified atom stereocenters. The van der Waals surface area contributed by atoms with E-state index in [4.69, 9.17) is 4.74 Å². The van der Waals surface area contributed by atoms with Crippen molar-refractivity contribution in [1.82, 2.24) is 20.0 Å². The summed E-state index contributed by atoms with van der Waals surface area (Å²) in [6.45, 7) is 6.16. The predicted molar refractivity (Wildman–Crippen MR) is 88.6 cm³/mol. The molecular weight excluding hydrogens is 308 g/mol. The molecule has 130 valence electrons. The van der Waals surface area contributed by atoms with E-state index in [1.165, 1.54) is 6.08 Å². The molecule has 0 aromatic carbocycles. The molecule has 2 aliphatic heterocycles. The van der Waals surface area contributed by atoms with Gasteiger partial charge in [-0.15, -0.1) is 0 Å². The summed E-state index contributed by atoms with van der Waals surface area (Å²) in [7, 11) is 0. The molecule has 24 heavy (non-hydrogen) atoms. The van der Waals surface area contributed by atoms with E-state index in [1.54, 1.807) is 11.0 Å². The summed E-state index contributed by atoms with van der Waals surface area (Å²) in [6.07, 6.45) is 6.73. The van der Waals surface area contributed by atoms with E-state index in [2.05, 4.69) is 17.0 Å². The first kappa shape index (κ1) is 16.7. The number of amides is 2. The fourth-order valence-electron chi connectivity index (χ4n) is 3.31. The lowest BCUT2D eigenvalue weighted by molar-refractivity contribution is -0.117. The van der Waals surface area contributed by atoms with Gasteiger partial charge < -0.3 is 15.0 Å². The molecule has 0 bridgehead atoms. The van der Waals surface area contributed by atoms with Gasteiger partial charge in [-0.25, -0.2) is 0 Å². The summed E-state index contributed by atoms with van der Waals surface area (Å²) in [5.74, 6) is -0.267. The zero-order valence-corrected chi connectivity index (χ0v) is 13.8. The SMILES string of the molecule is C=CC(=O)N[C@@H]1CCCN(C(=O)c2ccn(C3CCOCC3)n2)C1. The maximum absolute atomic E-state index is 12.7. The monoisotopic (exact) mass is 332 g/mol. The van der Waals surface area contributed by atoms with Crippen LogP contribution in [0.2, 0.25) is 0 Å². The van der Waals surface area contributed by atoms with Gasteiger partial charge in [0.2, 0.25) is 5.91 Å². The summed E-state index contributed by atoms with van der Waals surface area (Å²) >= 11 is 0. The molecule has 1 aromatic rings. The Kier molecular flexibility index (Phi) is 5.30. The molecule has 1 aromatic heterocycles. The van der Waals surface area contributed by atoms with Crippen molar-refractivity contribution >= 4 is 11.8 Å². The first-order valence-corrected chi connectivity index (χ1v) is 8.52. The third-order valence-electron chi connectivity index (χ3n) is 4.63. The Balaban J connectivity index is 1.62. The van der Waals surface area contributed by atoms with Crippen LogP contribution in [-0.2, 0) is 9.53 Å². The number of aromatic nitrogens is 2. The summed E-state index contributed by atoms with van der Waals surface area (Å²) in [5.41, 5.74) is 0.470. The Morgan fingerprint density at radius 3 is 2.88 bits per heavy atom. The molecule has 2 amide bonds. The largest absolute Gasteiger partial charge is 0.381 e. The third kappa shape index (κ3) is 3.84. The van der Waals surface area contributed by atoms with Gasteiger partial charge in [-0.1, -0.05) is 6.58 Å². The number of piperidine rings is 1. The fraction of sp³-hybridized carbons (Fsp3) is 0.588. The quantitative estimate of drug-likeness (QED) is 0.839. The summed E-state index contributed by atoms with van der Waals surface area (Å²) in [6, 6.07) is 2.07. The summed E-state index contributed by atoms with van der Waals surface area (Å²) < 4.78 is 7.25. The molecule has 1 atom stereocenters. The fourth-order valence-corrected chi connectivity index (χ4v) is 3.31. The number of rotatable bonds is 4. The highest BCUT2D eigenvalue weighted by atomic mass is 16.5. The van der Waals surface area contributed by atoms with Crippen molar-refractivity contribution in [2.24, 2.45) is 0 Å². The number of nitrogens with zero attached hydrogens (tertiary/aromatic N) is 3. The minimum absolute atomic E-state index is 0.0224. The van der Waals surface area contributed by atoms with Crippen LogP contribution in [0.4, 0.5) is 0 Å². The molecule has 2 aliphatic rings.